The van der Waals surface area contributed by atoms with E-state index in [-0.39, 0.29) is 11.2 Å². The van der Waals surface area contributed by atoms with Crippen LogP contribution in [0.5, 0.6) is 0 Å². The van der Waals surface area contributed by atoms with Gasteiger partial charge in [0.2, 0.25) is 0 Å². The van der Waals surface area contributed by atoms with Gasteiger partial charge in [-0.15, -0.1) is 0 Å². The molecule has 0 aromatic heterocycles. The Balaban J connectivity index is 2.47. The van der Waals surface area contributed by atoms with Gasteiger partial charge in [0, 0.05) is 24.3 Å². The first-order chi connectivity index (χ1) is 9.63. The largest absolute Gasteiger partial charge is 0.389 e. The smallest absolute Gasteiger partial charge is 0.0992 e. The molecule has 1 atom stereocenters. The van der Waals surface area contributed by atoms with Crippen LogP contribution in [0.2, 0.25) is 0 Å². The van der Waals surface area contributed by atoms with Crippen LogP contribution in [0.3, 0.4) is 0 Å². The summed E-state index contributed by atoms with van der Waals surface area (Å²) in [6.45, 7) is 11.5. The van der Waals surface area contributed by atoms with Gasteiger partial charge in [-0.25, -0.2) is 0 Å². The number of nitriles is 1. The quantitative estimate of drug-likeness (QED) is 0.909. The van der Waals surface area contributed by atoms with E-state index in [2.05, 4.69) is 38.7 Å². The lowest BCUT2D eigenvalue weighted by atomic mass is 9.96. The summed E-state index contributed by atoms with van der Waals surface area (Å²) < 4.78 is 6.10. The zero-order valence-electron chi connectivity index (χ0n) is 13.5. The molecule has 1 aromatic carbocycles. The van der Waals surface area contributed by atoms with Crippen molar-refractivity contribution in [3.8, 4) is 6.07 Å². The maximum absolute atomic E-state index is 10.0. The molecule has 0 radical (unpaired) electrons. The first-order valence-electron chi connectivity index (χ1n) is 7.31. The summed E-state index contributed by atoms with van der Waals surface area (Å²) in [4.78, 5) is 2.21. The number of hydrogen-bond donors (Lipinski definition) is 1. The van der Waals surface area contributed by atoms with Gasteiger partial charge in [0.15, 0.2) is 0 Å². The second-order valence-electron chi connectivity index (χ2n) is 7.04. The summed E-state index contributed by atoms with van der Waals surface area (Å²) in [7, 11) is 0. The second-order valence-corrected chi connectivity index (χ2v) is 7.04. The predicted molar refractivity (Wildman–Crippen MR) is 83.2 cm³/mol. The number of anilines is 1. The maximum atomic E-state index is 10.0. The van der Waals surface area contributed by atoms with Gasteiger partial charge in [-0.2, -0.15) is 5.26 Å². The molecule has 0 saturated carbocycles. The third kappa shape index (κ3) is 3.55. The van der Waals surface area contributed by atoms with Crippen molar-refractivity contribution in [1.29, 1.82) is 5.26 Å². The highest BCUT2D eigenvalue weighted by atomic mass is 16.5. The van der Waals surface area contributed by atoms with Gasteiger partial charge in [0.25, 0.3) is 0 Å². The SMILES string of the molecule is C[C@@H](O)c1ccc(C#N)cc1N1CC(C)(C)OC(C)(C)C1. The van der Waals surface area contributed by atoms with Crippen LogP contribution < -0.4 is 4.90 Å². The predicted octanol–water partition coefficient (Wildman–Crippen LogP) is 3.01. The van der Waals surface area contributed by atoms with Crippen LogP contribution in [0.25, 0.3) is 0 Å². The number of rotatable bonds is 2. The van der Waals surface area contributed by atoms with Crippen molar-refractivity contribution in [1.82, 2.24) is 0 Å². The van der Waals surface area contributed by atoms with Gasteiger partial charge in [0.1, 0.15) is 0 Å². The van der Waals surface area contributed by atoms with E-state index < -0.39 is 6.10 Å². The van der Waals surface area contributed by atoms with Gasteiger partial charge in [-0.05, 0) is 46.8 Å². The number of hydrogen-bond acceptors (Lipinski definition) is 4. The highest BCUT2D eigenvalue weighted by molar-refractivity contribution is 5.59. The van der Waals surface area contributed by atoms with Gasteiger partial charge in [-0.3, -0.25) is 0 Å². The first kappa shape index (κ1) is 15.8. The molecule has 1 fully saturated rings. The molecule has 0 bridgehead atoms. The van der Waals surface area contributed by atoms with E-state index in [9.17, 15) is 5.11 Å². The Kier molecular flexibility index (Phi) is 4.01. The molecular formula is C17H24N2O2. The normalized spacial score (nSPS) is 21.7. The molecule has 0 unspecified atom stereocenters. The summed E-state index contributed by atoms with van der Waals surface area (Å²) in [6, 6.07) is 7.63. The summed E-state index contributed by atoms with van der Waals surface area (Å²) in [5.74, 6) is 0. The lowest BCUT2D eigenvalue weighted by Gasteiger charge is -2.48. The topological polar surface area (TPSA) is 56.5 Å². The Morgan fingerprint density at radius 2 is 1.81 bits per heavy atom. The van der Waals surface area contributed by atoms with Crippen molar-refractivity contribution in [2.75, 3.05) is 18.0 Å². The van der Waals surface area contributed by atoms with E-state index >= 15 is 0 Å². The molecule has 4 heteroatoms. The van der Waals surface area contributed by atoms with Gasteiger partial charge < -0.3 is 14.7 Å². The highest BCUT2D eigenvalue weighted by Gasteiger charge is 2.38. The lowest BCUT2D eigenvalue weighted by molar-refractivity contribution is -0.133. The molecule has 1 aliphatic heterocycles. The molecule has 1 heterocycles. The van der Waals surface area contributed by atoms with Crippen LogP contribution in [0.15, 0.2) is 18.2 Å². The van der Waals surface area contributed by atoms with Crippen molar-refractivity contribution in [2.24, 2.45) is 0 Å². The molecule has 1 saturated heterocycles. The van der Waals surface area contributed by atoms with E-state index in [1.807, 2.05) is 12.1 Å². The second kappa shape index (κ2) is 5.32. The first-order valence-corrected chi connectivity index (χ1v) is 7.31. The number of morpholine rings is 1. The number of ether oxygens (including phenoxy) is 1. The minimum absolute atomic E-state index is 0.277. The number of benzene rings is 1. The van der Waals surface area contributed by atoms with Crippen LogP contribution >= 0.6 is 0 Å². The monoisotopic (exact) mass is 288 g/mol. The molecule has 21 heavy (non-hydrogen) atoms. The molecular weight excluding hydrogens is 264 g/mol. The Bertz CT molecular complexity index is 555. The standard InChI is InChI=1S/C17H24N2O2/c1-12(20)14-7-6-13(9-18)8-15(14)19-10-16(2,3)21-17(4,5)11-19/h6-8,12,20H,10-11H2,1-5H3/t12-/m1/s1. The lowest BCUT2D eigenvalue weighted by Crippen LogP contribution is -2.57. The molecule has 2 rings (SSSR count). The fraction of sp³-hybridized carbons (Fsp3) is 0.588. The van der Waals surface area contributed by atoms with Crippen LogP contribution in [0.4, 0.5) is 5.69 Å². The number of aliphatic hydroxyl groups excluding tert-OH is 1. The van der Waals surface area contributed by atoms with Crippen molar-refractivity contribution in [2.45, 2.75) is 51.9 Å². The minimum atomic E-state index is -0.568. The maximum Gasteiger partial charge on any atom is 0.0992 e. The zero-order valence-corrected chi connectivity index (χ0v) is 13.5. The summed E-state index contributed by atoms with van der Waals surface area (Å²) in [6.07, 6.45) is -0.568. The Labute approximate surface area is 127 Å². The number of aliphatic hydroxyl groups is 1. The molecule has 0 spiro atoms. The fourth-order valence-electron chi connectivity index (χ4n) is 3.20. The third-order valence-corrected chi connectivity index (χ3v) is 3.65. The molecule has 1 aromatic rings. The Morgan fingerprint density at radius 3 is 2.29 bits per heavy atom. The molecule has 0 amide bonds. The Hall–Kier alpha value is -1.57. The van der Waals surface area contributed by atoms with Crippen LogP contribution in [-0.4, -0.2) is 29.4 Å². The Morgan fingerprint density at radius 1 is 1.24 bits per heavy atom. The van der Waals surface area contributed by atoms with Gasteiger partial charge in [-0.1, -0.05) is 6.07 Å². The van der Waals surface area contributed by atoms with E-state index in [0.29, 0.717) is 5.56 Å². The van der Waals surface area contributed by atoms with E-state index in [0.717, 1.165) is 24.3 Å². The van der Waals surface area contributed by atoms with Crippen molar-refractivity contribution >= 4 is 5.69 Å². The molecule has 114 valence electrons. The molecule has 4 nitrogen and oxygen atoms in total. The van der Waals surface area contributed by atoms with Crippen molar-refractivity contribution in [3.05, 3.63) is 29.3 Å². The van der Waals surface area contributed by atoms with Crippen LogP contribution in [0, 0.1) is 11.3 Å². The van der Waals surface area contributed by atoms with Crippen molar-refractivity contribution in [3.63, 3.8) is 0 Å². The third-order valence-electron chi connectivity index (χ3n) is 3.65. The highest BCUT2D eigenvalue weighted by Crippen LogP contribution is 2.35. The minimum Gasteiger partial charge on any atom is -0.389 e. The summed E-state index contributed by atoms with van der Waals surface area (Å²) >= 11 is 0. The fourth-order valence-corrected chi connectivity index (χ4v) is 3.20. The van der Waals surface area contributed by atoms with Crippen molar-refractivity contribution < 1.29 is 9.84 Å². The molecule has 0 aliphatic carbocycles. The van der Waals surface area contributed by atoms with Gasteiger partial charge in [0.05, 0.1) is 28.9 Å². The van der Waals surface area contributed by atoms with E-state index in [1.165, 1.54) is 0 Å². The summed E-state index contributed by atoms with van der Waals surface area (Å²) in [5, 5.41) is 19.2. The average molecular weight is 288 g/mol. The molecule has 1 N–H and O–H groups in total. The van der Waals surface area contributed by atoms with Gasteiger partial charge >= 0.3 is 0 Å². The zero-order chi connectivity index (χ0) is 15.8. The van der Waals surface area contributed by atoms with E-state index in [1.54, 1.807) is 13.0 Å². The van der Waals surface area contributed by atoms with Crippen LogP contribution in [0.1, 0.15) is 51.8 Å². The van der Waals surface area contributed by atoms with E-state index in [4.69, 9.17) is 10.00 Å². The number of nitrogens with zero attached hydrogens (tertiary/aromatic N) is 2. The molecule has 1 aliphatic rings. The average Bonchev–Trinajstić information content (AvgIpc) is 2.34. The summed E-state index contributed by atoms with van der Waals surface area (Å²) in [5.41, 5.74) is 1.83. The van der Waals surface area contributed by atoms with Crippen LogP contribution in [-0.2, 0) is 4.74 Å².